The lowest BCUT2D eigenvalue weighted by Gasteiger charge is -2.31. The van der Waals surface area contributed by atoms with E-state index in [-0.39, 0.29) is 5.41 Å². The summed E-state index contributed by atoms with van der Waals surface area (Å²) in [7, 11) is 3.29. The molecule has 1 aliphatic rings. The third-order valence-electron chi connectivity index (χ3n) is 4.34. The lowest BCUT2D eigenvalue weighted by atomic mass is 9.76. The summed E-state index contributed by atoms with van der Waals surface area (Å²) in [5, 5.41) is 0.738. The molecular weight excluding hydrogens is 262 g/mol. The minimum Gasteiger partial charge on any atom is -0.493 e. The number of benzene rings is 1. The molecule has 0 bridgehead atoms. The highest BCUT2D eigenvalue weighted by molar-refractivity contribution is 6.31. The molecule has 1 aliphatic carbocycles. The Labute approximate surface area is 120 Å². The number of nitrogens with two attached hydrogens (primary N) is 1. The average molecular weight is 284 g/mol. The molecule has 0 heterocycles. The molecule has 1 fully saturated rings. The number of hydrogen-bond acceptors (Lipinski definition) is 3. The number of ether oxygens (including phenoxy) is 2. The van der Waals surface area contributed by atoms with Gasteiger partial charge in [0.25, 0.3) is 0 Å². The Kier molecular flexibility index (Phi) is 4.26. The zero-order chi connectivity index (χ0) is 14.0. The zero-order valence-electron chi connectivity index (χ0n) is 11.9. The summed E-state index contributed by atoms with van der Waals surface area (Å²) in [6, 6.07) is 1.85. The van der Waals surface area contributed by atoms with Gasteiger partial charge in [0.1, 0.15) is 0 Å². The molecule has 0 spiro atoms. The van der Waals surface area contributed by atoms with Crippen LogP contribution in [0.25, 0.3) is 0 Å². The Bertz CT molecular complexity index is 468. The molecule has 2 rings (SSSR count). The summed E-state index contributed by atoms with van der Waals surface area (Å²) in [5.41, 5.74) is 8.27. The van der Waals surface area contributed by atoms with Gasteiger partial charge < -0.3 is 15.2 Å². The van der Waals surface area contributed by atoms with E-state index in [9.17, 15) is 0 Å². The molecule has 0 radical (unpaired) electrons. The standard InChI is InChI=1S/C15H22ClNO2/c1-10-13(15(9-17)6-4-5-7-15)11(16)8-12(18-2)14(10)19-3/h8H,4-7,9,17H2,1-3H3. The largest absolute Gasteiger partial charge is 0.493 e. The second kappa shape index (κ2) is 5.59. The van der Waals surface area contributed by atoms with Crippen molar-refractivity contribution in [2.45, 2.75) is 38.0 Å². The Morgan fingerprint density at radius 1 is 1.26 bits per heavy atom. The van der Waals surface area contributed by atoms with Crippen molar-refractivity contribution in [3.8, 4) is 11.5 Å². The van der Waals surface area contributed by atoms with Gasteiger partial charge in [-0.2, -0.15) is 0 Å². The molecule has 0 amide bonds. The first-order chi connectivity index (χ1) is 9.09. The number of halogens is 1. The maximum absolute atomic E-state index is 6.50. The van der Waals surface area contributed by atoms with Gasteiger partial charge in [-0.25, -0.2) is 0 Å². The van der Waals surface area contributed by atoms with E-state index in [1.165, 1.54) is 12.8 Å². The van der Waals surface area contributed by atoms with Crippen molar-refractivity contribution in [1.82, 2.24) is 0 Å². The predicted octanol–water partition coefficient (Wildman–Crippen LogP) is 3.44. The van der Waals surface area contributed by atoms with Gasteiger partial charge >= 0.3 is 0 Å². The Balaban J connectivity index is 2.63. The second-order valence-electron chi connectivity index (χ2n) is 5.29. The Morgan fingerprint density at radius 2 is 1.89 bits per heavy atom. The quantitative estimate of drug-likeness (QED) is 0.921. The van der Waals surface area contributed by atoms with Crippen LogP contribution in [-0.4, -0.2) is 20.8 Å². The topological polar surface area (TPSA) is 44.5 Å². The van der Waals surface area contributed by atoms with Crippen LogP contribution in [0.5, 0.6) is 11.5 Å². The summed E-state index contributed by atoms with van der Waals surface area (Å²) in [5.74, 6) is 1.44. The maximum Gasteiger partial charge on any atom is 0.164 e. The van der Waals surface area contributed by atoms with Gasteiger partial charge in [0.05, 0.1) is 14.2 Å². The highest BCUT2D eigenvalue weighted by Crippen LogP contribution is 2.48. The molecule has 0 aromatic heterocycles. The first kappa shape index (κ1) is 14.5. The maximum atomic E-state index is 6.50. The number of hydrogen-bond donors (Lipinski definition) is 1. The molecule has 0 aliphatic heterocycles. The summed E-state index contributed by atoms with van der Waals surface area (Å²) >= 11 is 6.50. The van der Waals surface area contributed by atoms with Crippen LogP contribution in [0, 0.1) is 6.92 Å². The fraction of sp³-hybridized carbons (Fsp3) is 0.600. The molecule has 1 aromatic rings. The third kappa shape index (κ3) is 2.30. The van der Waals surface area contributed by atoms with E-state index >= 15 is 0 Å². The monoisotopic (exact) mass is 283 g/mol. The predicted molar refractivity (Wildman–Crippen MR) is 78.5 cm³/mol. The molecule has 106 valence electrons. The van der Waals surface area contributed by atoms with Crippen molar-refractivity contribution >= 4 is 11.6 Å². The van der Waals surface area contributed by atoms with Gasteiger partial charge in [-0.3, -0.25) is 0 Å². The highest BCUT2D eigenvalue weighted by atomic mass is 35.5. The molecule has 19 heavy (non-hydrogen) atoms. The third-order valence-corrected chi connectivity index (χ3v) is 4.64. The normalized spacial score (nSPS) is 17.5. The van der Waals surface area contributed by atoms with Crippen LogP contribution >= 0.6 is 11.6 Å². The van der Waals surface area contributed by atoms with Crippen LogP contribution in [0.1, 0.15) is 36.8 Å². The number of methoxy groups -OCH3 is 2. The molecule has 3 nitrogen and oxygen atoms in total. The summed E-state index contributed by atoms with van der Waals surface area (Å²) < 4.78 is 10.8. The van der Waals surface area contributed by atoms with Crippen LogP contribution in [0.15, 0.2) is 6.07 Å². The summed E-state index contributed by atoms with van der Waals surface area (Å²) in [4.78, 5) is 0. The smallest absolute Gasteiger partial charge is 0.164 e. The second-order valence-corrected chi connectivity index (χ2v) is 5.69. The van der Waals surface area contributed by atoms with E-state index in [1.807, 2.05) is 13.0 Å². The summed E-state index contributed by atoms with van der Waals surface area (Å²) in [6.45, 7) is 2.67. The van der Waals surface area contributed by atoms with Crippen molar-refractivity contribution in [1.29, 1.82) is 0 Å². The number of rotatable bonds is 4. The van der Waals surface area contributed by atoms with Crippen molar-refractivity contribution in [2.24, 2.45) is 5.73 Å². The van der Waals surface area contributed by atoms with Crippen LogP contribution < -0.4 is 15.2 Å². The lowest BCUT2D eigenvalue weighted by molar-refractivity contribution is 0.349. The van der Waals surface area contributed by atoms with Crippen molar-refractivity contribution in [2.75, 3.05) is 20.8 Å². The average Bonchev–Trinajstić information content (AvgIpc) is 2.88. The van der Waals surface area contributed by atoms with Crippen molar-refractivity contribution in [3.63, 3.8) is 0 Å². The van der Waals surface area contributed by atoms with E-state index in [1.54, 1.807) is 14.2 Å². The van der Waals surface area contributed by atoms with Crippen LogP contribution in [0.4, 0.5) is 0 Å². The van der Waals surface area contributed by atoms with Gasteiger partial charge in [-0.15, -0.1) is 0 Å². The molecule has 2 N–H and O–H groups in total. The SMILES string of the molecule is COc1cc(Cl)c(C2(CN)CCCC2)c(C)c1OC. The Morgan fingerprint density at radius 3 is 2.37 bits per heavy atom. The minimum atomic E-state index is 0.000712. The molecular formula is C15H22ClNO2. The van der Waals surface area contributed by atoms with E-state index in [0.29, 0.717) is 12.3 Å². The molecule has 1 aromatic carbocycles. The zero-order valence-corrected chi connectivity index (χ0v) is 12.6. The van der Waals surface area contributed by atoms with Gasteiger partial charge in [0, 0.05) is 28.6 Å². The lowest BCUT2D eigenvalue weighted by Crippen LogP contribution is -2.33. The molecule has 1 saturated carbocycles. The van der Waals surface area contributed by atoms with E-state index in [0.717, 1.165) is 34.7 Å². The fourth-order valence-electron chi connectivity index (χ4n) is 3.39. The van der Waals surface area contributed by atoms with Crippen LogP contribution in [0.2, 0.25) is 5.02 Å². The summed E-state index contributed by atoms with van der Waals surface area (Å²) in [6.07, 6.45) is 4.61. The van der Waals surface area contributed by atoms with E-state index in [2.05, 4.69) is 0 Å². The van der Waals surface area contributed by atoms with E-state index < -0.39 is 0 Å². The van der Waals surface area contributed by atoms with E-state index in [4.69, 9.17) is 26.8 Å². The van der Waals surface area contributed by atoms with Gasteiger partial charge in [-0.05, 0) is 25.3 Å². The Hall–Kier alpha value is -0.930. The van der Waals surface area contributed by atoms with Gasteiger partial charge in [0.2, 0.25) is 0 Å². The van der Waals surface area contributed by atoms with Crippen LogP contribution in [-0.2, 0) is 5.41 Å². The molecule has 0 saturated heterocycles. The van der Waals surface area contributed by atoms with Crippen molar-refractivity contribution in [3.05, 3.63) is 22.2 Å². The van der Waals surface area contributed by atoms with Crippen LogP contribution in [0.3, 0.4) is 0 Å². The van der Waals surface area contributed by atoms with Gasteiger partial charge in [0.15, 0.2) is 11.5 Å². The molecule has 0 unspecified atom stereocenters. The first-order valence-corrected chi connectivity index (χ1v) is 7.09. The highest BCUT2D eigenvalue weighted by Gasteiger charge is 2.38. The van der Waals surface area contributed by atoms with Crippen molar-refractivity contribution < 1.29 is 9.47 Å². The molecule has 4 heteroatoms. The fourth-order valence-corrected chi connectivity index (χ4v) is 3.84. The molecule has 0 atom stereocenters. The van der Waals surface area contributed by atoms with Gasteiger partial charge in [-0.1, -0.05) is 24.4 Å². The minimum absolute atomic E-state index is 0.000712. The first-order valence-electron chi connectivity index (χ1n) is 6.71.